The Morgan fingerprint density at radius 3 is 2.22 bits per heavy atom. The van der Waals surface area contributed by atoms with Gasteiger partial charge in [-0.05, 0) is 30.0 Å². The van der Waals surface area contributed by atoms with E-state index in [0.29, 0.717) is 0 Å². The van der Waals surface area contributed by atoms with E-state index in [-0.39, 0.29) is 12.3 Å². The van der Waals surface area contributed by atoms with Crippen LogP contribution in [-0.2, 0) is 11.0 Å². The van der Waals surface area contributed by atoms with Crippen LogP contribution in [-0.4, -0.2) is 5.91 Å². The maximum absolute atomic E-state index is 12.4. The summed E-state index contributed by atoms with van der Waals surface area (Å²) in [4.78, 5) is 10.9. The van der Waals surface area contributed by atoms with Gasteiger partial charge in [0.25, 0.3) is 0 Å². The second-order valence-corrected chi connectivity index (χ2v) is 4.28. The number of nitrogens with two attached hydrogens (primary N) is 1. The lowest BCUT2D eigenvalue weighted by Gasteiger charge is -2.15. The predicted octanol–water partition coefficient (Wildman–Crippen LogP) is 3.46. The van der Waals surface area contributed by atoms with Gasteiger partial charge >= 0.3 is 6.18 Å². The van der Waals surface area contributed by atoms with E-state index in [1.807, 2.05) is 6.92 Å². The molecule has 0 aliphatic rings. The van der Waals surface area contributed by atoms with Crippen molar-refractivity contribution in [2.45, 2.75) is 38.3 Å². The Labute approximate surface area is 104 Å². The van der Waals surface area contributed by atoms with Crippen molar-refractivity contribution >= 4 is 5.91 Å². The molecule has 1 amide bonds. The molecule has 2 nitrogen and oxygen atoms in total. The fraction of sp³-hybridized carbons (Fsp3) is 0.462. The van der Waals surface area contributed by atoms with Crippen molar-refractivity contribution in [1.29, 1.82) is 0 Å². The summed E-state index contributed by atoms with van der Waals surface area (Å²) in [6.45, 7) is 1.96. The van der Waals surface area contributed by atoms with Crippen LogP contribution in [0.3, 0.4) is 0 Å². The molecule has 0 heterocycles. The highest BCUT2D eigenvalue weighted by molar-refractivity contribution is 5.74. The molecule has 1 atom stereocenters. The van der Waals surface area contributed by atoms with Gasteiger partial charge in [0.1, 0.15) is 0 Å². The van der Waals surface area contributed by atoms with Gasteiger partial charge in [-0.25, -0.2) is 0 Å². The number of benzene rings is 1. The topological polar surface area (TPSA) is 43.1 Å². The van der Waals surface area contributed by atoms with Gasteiger partial charge in [-0.1, -0.05) is 25.5 Å². The fourth-order valence-corrected chi connectivity index (χ4v) is 1.92. The summed E-state index contributed by atoms with van der Waals surface area (Å²) >= 11 is 0. The molecule has 0 aliphatic carbocycles. The second kappa shape index (κ2) is 5.89. The molecule has 1 aromatic rings. The quantitative estimate of drug-likeness (QED) is 0.864. The highest BCUT2D eigenvalue weighted by Gasteiger charge is 2.30. The van der Waals surface area contributed by atoms with Crippen LogP contribution in [0.4, 0.5) is 13.2 Å². The van der Waals surface area contributed by atoms with Gasteiger partial charge in [-0.15, -0.1) is 0 Å². The van der Waals surface area contributed by atoms with E-state index >= 15 is 0 Å². The largest absolute Gasteiger partial charge is 0.416 e. The molecule has 0 saturated carbocycles. The number of hydrogen-bond acceptors (Lipinski definition) is 1. The Hall–Kier alpha value is -1.52. The molecule has 0 spiro atoms. The first-order valence-corrected chi connectivity index (χ1v) is 5.80. The Morgan fingerprint density at radius 1 is 1.28 bits per heavy atom. The highest BCUT2D eigenvalue weighted by atomic mass is 19.4. The van der Waals surface area contributed by atoms with E-state index in [1.54, 1.807) is 0 Å². The van der Waals surface area contributed by atoms with Gasteiger partial charge in [0.2, 0.25) is 5.91 Å². The Bertz CT molecular complexity index is 398. The second-order valence-electron chi connectivity index (χ2n) is 4.28. The average molecular weight is 259 g/mol. The van der Waals surface area contributed by atoms with Gasteiger partial charge in [-0.2, -0.15) is 13.2 Å². The van der Waals surface area contributed by atoms with Crippen LogP contribution in [0.25, 0.3) is 0 Å². The number of amides is 1. The van der Waals surface area contributed by atoms with Crippen LogP contribution in [0.15, 0.2) is 24.3 Å². The maximum Gasteiger partial charge on any atom is 0.416 e. The van der Waals surface area contributed by atoms with Crippen molar-refractivity contribution < 1.29 is 18.0 Å². The van der Waals surface area contributed by atoms with Gasteiger partial charge in [-0.3, -0.25) is 4.79 Å². The van der Waals surface area contributed by atoms with Crippen molar-refractivity contribution in [3.63, 3.8) is 0 Å². The molecule has 1 aromatic carbocycles. The van der Waals surface area contributed by atoms with Crippen LogP contribution in [0.1, 0.15) is 43.2 Å². The number of primary amides is 1. The third-order valence-electron chi connectivity index (χ3n) is 2.79. The first-order valence-electron chi connectivity index (χ1n) is 5.80. The summed E-state index contributed by atoms with van der Waals surface area (Å²) in [6.07, 6.45) is -2.59. The van der Waals surface area contributed by atoms with Gasteiger partial charge in [0.05, 0.1) is 5.56 Å². The van der Waals surface area contributed by atoms with Crippen molar-refractivity contribution in [2.24, 2.45) is 5.73 Å². The molecule has 0 aromatic heterocycles. The van der Waals surface area contributed by atoms with Gasteiger partial charge in [0, 0.05) is 6.42 Å². The minimum absolute atomic E-state index is 0.102. The molecular weight excluding hydrogens is 243 g/mol. The third-order valence-corrected chi connectivity index (χ3v) is 2.79. The maximum atomic E-state index is 12.4. The standard InChI is InChI=1S/C13H16F3NO/c1-2-3-10(8-12(17)18)9-4-6-11(7-5-9)13(14,15)16/h4-7,10H,2-3,8H2,1H3,(H2,17,18). The van der Waals surface area contributed by atoms with Crippen LogP contribution in [0, 0.1) is 0 Å². The lowest BCUT2D eigenvalue weighted by molar-refractivity contribution is -0.137. The molecular formula is C13H16F3NO. The van der Waals surface area contributed by atoms with E-state index in [4.69, 9.17) is 5.73 Å². The summed E-state index contributed by atoms with van der Waals surface area (Å²) in [5, 5.41) is 0. The number of carbonyl (C=O) groups is 1. The van der Waals surface area contributed by atoms with Crippen molar-refractivity contribution in [2.75, 3.05) is 0 Å². The molecule has 1 unspecified atom stereocenters. The van der Waals surface area contributed by atoms with E-state index in [2.05, 4.69) is 0 Å². The Morgan fingerprint density at radius 2 is 1.83 bits per heavy atom. The normalized spacial score (nSPS) is 13.3. The SMILES string of the molecule is CCCC(CC(N)=O)c1ccc(C(F)(F)F)cc1. The molecule has 2 N–H and O–H groups in total. The Balaban J connectivity index is 2.90. The van der Waals surface area contributed by atoms with Crippen LogP contribution in [0.5, 0.6) is 0 Å². The predicted molar refractivity (Wildman–Crippen MR) is 62.9 cm³/mol. The van der Waals surface area contributed by atoms with Crippen LogP contribution < -0.4 is 5.73 Å². The zero-order valence-electron chi connectivity index (χ0n) is 10.1. The molecule has 0 saturated heterocycles. The number of rotatable bonds is 5. The minimum atomic E-state index is -4.33. The molecule has 1 rings (SSSR count). The monoisotopic (exact) mass is 259 g/mol. The third kappa shape index (κ3) is 4.05. The fourth-order valence-electron chi connectivity index (χ4n) is 1.92. The zero-order valence-corrected chi connectivity index (χ0v) is 10.1. The lowest BCUT2D eigenvalue weighted by atomic mass is 9.90. The molecule has 100 valence electrons. The molecule has 18 heavy (non-hydrogen) atoms. The summed E-state index contributed by atoms with van der Waals surface area (Å²) in [5.41, 5.74) is 5.19. The molecule has 0 aliphatic heterocycles. The van der Waals surface area contributed by atoms with E-state index in [9.17, 15) is 18.0 Å². The molecule has 0 fully saturated rings. The minimum Gasteiger partial charge on any atom is -0.370 e. The van der Waals surface area contributed by atoms with Crippen LogP contribution >= 0.6 is 0 Å². The van der Waals surface area contributed by atoms with Gasteiger partial charge < -0.3 is 5.73 Å². The van der Waals surface area contributed by atoms with E-state index in [1.165, 1.54) is 12.1 Å². The number of hydrogen-bond donors (Lipinski definition) is 1. The Kier molecular flexibility index (Phi) is 4.76. The number of halogens is 3. The highest BCUT2D eigenvalue weighted by Crippen LogP contribution is 2.31. The lowest BCUT2D eigenvalue weighted by Crippen LogP contribution is -2.15. The summed E-state index contributed by atoms with van der Waals surface area (Å²) < 4.78 is 37.2. The van der Waals surface area contributed by atoms with E-state index in [0.717, 1.165) is 30.5 Å². The van der Waals surface area contributed by atoms with Gasteiger partial charge in [0.15, 0.2) is 0 Å². The first-order chi connectivity index (χ1) is 8.34. The summed E-state index contributed by atoms with van der Waals surface area (Å²) in [7, 11) is 0. The molecule has 0 radical (unpaired) electrons. The number of alkyl halides is 3. The van der Waals surface area contributed by atoms with Crippen LogP contribution in [0.2, 0.25) is 0 Å². The molecule has 0 bridgehead atoms. The van der Waals surface area contributed by atoms with Crippen molar-refractivity contribution in [3.05, 3.63) is 35.4 Å². The average Bonchev–Trinajstić information content (AvgIpc) is 2.27. The van der Waals surface area contributed by atoms with E-state index < -0.39 is 17.6 Å². The van der Waals surface area contributed by atoms with Crippen molar-refractivity contribution in [3.8, 4) is 0 Å². The summed E-state index contributed by atoms with van der Waals surface area (Å²) in [6, 6.07) is 4.93. The number of carbonyl (C=O) groups excluding carboxylic acids is 1. The summed E-state index contributed by atoms with van der Waals surface area (Å²) in [5.74, 6) is -0.539. The van der Waals surface area contributed by atoms with Crippen molar-refractivity contribution in [1.82, 2.24) is 0 Å². The molecule has 5 heteroatoms. The first kappa shape index (κ1) is 14.5. The smallest absolute Gasteiger partial charge is 0.370 e. The zero-order chi connectivity index (χ0) is 13.8.